The molecule has 2 aromatic rings. The highest BCUT2D eigenvalue weighted by Crippen LogP contribution is 2.30. The molecule has 1 fully saturated rings. The third kappa shape index (κ3) is 5.88. The first-order valence-corrected chi connectivity index (χ1v) is 9.53. The van der Waals surface area contributed by atoms with Gasteiger partial charge in [-0.1, -0.05) is 13.0 Å². The maximum atomic E-state index is 11.5. The fourth-order valence-electron chi connectivity index (χ4n) is 3.34. The van der Waals surface area contributed by atoms with Crippen molar-refractivity contribution in [1.82, 2.24) is 4.90 Å². The first-order chi connectivity index (χ1) is 13.5. The van der Waals surface area contributed by atoms with Crippen molar-refractivity contribution in [2.24, 2.45) is 11.7 Å². The summed E-state index contributed by atoms with van der Waals surface area (Å²) in [4.78, 5) is 13.8. The number of esters is 1. The molecule has 0 aliphatic carbocycles. The molecule has 0 saturated carbocycles. The second kappa shape index (κ2) is 10.5. The molecule has 1 aromatic carbocycles. The number of hydrogen-bond donors (Lipinski definition) is 1. The Hall–Kier alpha value is -2.22. The van der Waals surface area contributed by atoms with Crippen LogP contribution in [0.4, 0.5) is 0 Å². The van der Waals surface area contributed by atoms with E-state index in [1.165, 1.54) is 7.11 Å². The summed E-state index contributed by atoms with van der Waals surface area (Å²) < 4.78 is 21.7. The highest BCUT2D eigenvalue weighted by molar-refractivity contribution is 5.86. The lowest BCUT2D eigenvalue weighted by Gasteiger charge is -2.17. The van der Waals surface area contributed by atoms with Crippen LogP contribution in [0.2, 0.25) is 0 Å². The van der Waals surface area contributed by atoms with Crippen molar-refractivity contribution in [1.29, 1.82) is 0 Å². The maximum absolute atomic E-state index is 11.5. The van der Waals surface area contributed by atoms with Gasteiger partial charge in [0.15, 0.2) is 11.5 Å². The van der Waals surface area contributed by atoms with Gasteiger partial charge in [-0.3, -0.25) is 4.90 Å². The van der Waals surface area contributed by atoms with Crippen LogP contribution in [0, 0.1) is 5.92 Å². The Morgan fingerprint density at radius 3 is 2.66 bits per heavy atom. The standard InChI is InChI=1S/C21H28N2O5.ClH/c1-4-26-20-9-15(11-23-10-14(2)17(22)12-23)5-7-18(20)27-13-16-6-8-19(28-16)21(24)25-3;/h5-9,14,17H,4,10-13,22H2,1-3H3;1H. The minimum absolute atomic E-state index is 0. The first-order valence-electron chi connectivity index (χ1n) is 9.53. The van der Waals surface area contributed by atoms with E-state index in [2.05, 4.69) is 16.6 Å². The van der Waals surface area contributed by atoms with Gasteiger partial charge in [-0.15, -0.1) is 12.4 Å². The molecular formula is C21H29ClN2O5. The molecule has 160 valence electrons. The van der Waals surface area contributed by atoms with Gasteiger partial charge in [-0.05, 0) is 42.7 Å². The minimum Gasteiger partial charge on any atom is -0.490 e. The van der Waals surface area contributed by atoms with Crippen LogP contribution in [0.25, 0.3) is 0 Å². The van der Waals surface area contributed by atoms with Gasteiger partial charge in [-0.2, -0.15) is 0 Å². The van der Waals surface area contributed by atoms with Crippen LogP contribution in [0.5, 0.6) is 11.5 Å². The minimum atomic E-state index is -0.512. The first kappa shape index (κ1) is 23.1. The molecule has 29 heavy (non-hydrogen) atoms. The van der Waals surface area contributed by atoms with Crippen LogP contribution in [0.3, 0.4) is 0 Å². The molecule has 1 saturated heterocycles. The van der Waals surface area contributed by atoms with Crippen LogP contribution in [-0.4, -0.2) is 43.7 Å². The van der Waals surface area contributed by atoms with E-state index < -0.39 is 5.97 Å². The van der Waals surface area contributed by atoms with E-state index in [9.17, 15) is 4.79 Å². The Labute approximate surface area is 177 Å². The largest absolute Gasteiger partial charge is 0.490 e. The number of halogens is 1. The lowest BCUT2D eigenvalue weighted by Crippen LogP contribution is -2.28. The summed E-state index contributed by atoms with van der Waals surface area (Å²) in [6.07, 6.45) is 0. The molecule has 3 rings (SSSR count). The van der Waals surface area contributed by atoms with Crippen molar-refractivity contribution in [2.45, 2.75) is 33.0 Å². The van der Waals surface area contributed by atoms with E-state index in [4.69, 9.17) is 19.6 Å². The van der Waals surface area contributed by atoms with Gasteiger partial charge >= 0.3 is 5.97 Å². The van der Waals surface area contributed by atoms with Gasteiger partial charge in [0.05, 0.1) is 13.7 Å². The average Bonchev–Trinajstić information content (AvgIpc) is 3.27. The number of methoxy groups -OCH3 is 1. The van der Waals surface area contributed by atoms with Crippen molar-refractivity contribution in [2.75, 3.05) is 26.8 Å². The monoisotopic (exact) mass is 424 g/mol. The molecule has 0 bridgehead atoms. The smallest absolute Gasteiger partial charge is 0.373 e. The van der Waals surface area contributed by atoms with Gasteiger partial charge in [-0.25, -0.2) is 4.79 Å². The van der Waals surface area contributed by atoms with E-state index in [0.29, 0.717) is 29.8 Å². The zero-order valence-corrected chi connectivity index (χ0v) is 17.9. The van der Waals surface area contributed by atoms with Crippen molar-refractivity contribution in [3.8, 4) is 11.5 Å². The zero-order chi connectivity index (χ0) is 20.1. The molecular weight excluding hydrogens is 396 g/mol. The van der Waals surface area contributed by atoms with Crippen LogP contribution in [0.1, 0.15) is 35.7 Å². The number of likely N-dealkylation sites (tertiary alicyclic amines) is 1. The average molecular weight is 425 g/mol. The Balaban J connectivity index is 0.00000300. The van der Waals surface area contributed by atoms with Gasteiger partial charge in [0.1, 0.15) is 12.4 Å². The summed E-state index contributed by atoms with van der Waals surface area (Å²) in [6, 6.07) is 9.45. The molecule has 0 radical (unpaired) electrons. The summed E-state index contributed by atoms with van der Waals surface area (Å²) in [6.45, 7) is 7.60. The predicted molar refractivity (Wildman–Crippen MR) is 112 cm³/mol. The zero-order valence-electron chi connectivity index (χ0n) is 17.1. The Morgan fingerprint density at radius 1 is 1.21 bits per heavy atom. The van der Waals surface area contributed by atoms with Gasteiger partial charge in [0, 0.05) is 25.7 Å². The van der Waals surface area contributed by atoms with Crippen molar-refractivity contribution in [3.05, 3.63) is 47.4 Å². The number of carbonyl (C=O) groups excluding carboxylic acids is 1. The Morgan fingerprint density at radius 2 is 2.00 bits per heavy atom. The fraction of sp³-hybridized carbons (Fsp3) is 0.476. The number of furan rings is 1. The fourth-order valence-corrected chi connectivity index (χ4v) is 3.34. The molecule has 1 aromatic heterocycles. The SMILES string of the molecule is CCOc1cc(CN2CC(C)C(N)C2)ccc1OCc1ccc(C(=O)OC)o1.Cl. The molecule has 7 nitrogen and oxygen atoms in total. The second-order valence-corrected chi connectivity index (χ2v) is 7.10. The molecule has 1 aliphatic rings. The predicted octanol–water partition coefficient (Wildman–Crippen LogP) is 3.24. The summed E-state index contributed by atoms with van der Waals surface area (Å²) in [5.41, 5.74) is 7.28. The number of ether oxygens (including phenoxy) is 3. The summed E-state index contributed by atoms with van der Waals surface area (Å²) >= 11 is 0. The Kier molecular flexibility index (Phi) is 8.37. The van der Waals surface area contributed by atoms with E-state index in [1.54, 1.807) is 12.1 Å². The van der Waals surface area contributed by atoms with Gasteiger partial charge < -0.3 is 24.4 Å². The summed E-state index contributed by atoms with van der Waals surface area (Å²) in [5, 5.41) is 0. The number of carbonyl (C=O) groups is 1. The molecule has 2 heterocycles. The number of rotatable bonds is 8. The lowest BCUT2D eigenvalue weighted by atomic mass is 10.1. The second-order valence-electron chi connectivity index (χ2n) is 7.10. The van der Waals surface area contributed by atoms with Crippen molar-refractivity contribution < 1.29 is 23.4 Å². The summed E-state index contributed by atoms with van der Waals surface area (Å²) in [5.74, 6) is 2.01. The van der Waals surface area contributed by atoms with Gasteiger partial charge in [0.25, 0.3) is 0 Å². The van der Waals surface area contributed by atoms with E-state index >= 15 is 0 Å². The van der Waals surface area contributed by atoms with E-state index in [0.717, 1.165) is 25.2 Å². The maximum Gasteiger partial charge on any atom is 0.373 e. The van der Waals surface area contributed by atoms with Crippen LogP contribution >= 0.6 is 12.4 Å². The molecule has 2 atom stereocenters. The molecule has 0 spiro atoms. The lowest BCUT2D eigenvalue weighted by molar-refractivity contribution is 0.0561. The quantitative estimate of drug-likeness (QED) is 0.651. The highest BCUT2D eigenvalue weighted by Gasteiger charge is 2.26. The molecule has 0 amide bonds. The van der Waals surface area contributed by atoms with E-state index in [1.807, 2.05) is 25.1 Å². The summed E-state index contributed by atoms with van der Waals surface area (Å²) in [7, 11) is 1.31. The topological polar surface area (TPSA) is 87.2 Å². The third-order valence-corrected chi connectivity index (χ3v) is 4.88. The number of benzene rings is 1. The number of nitrogens with two attached hydrogens (primary N) is 1. The molecule has 8 heteroatoms. The van der Waals surface area contributed by atoms with Crippen LogP contribution < -0.4 is 15.2 Å². The third-order valence-electron chi connectivity index (χ3n) is 4.88. The molecule has 2 unspecified atom stereocenters. The number of nitrogens with zero attached hydrogens (tertiary/aromatic N) is 1. The molecule has 2 N–H and O–H groups in total. The van der Waals surface area contributed by atoms with Gasteiger partial charge in [0.2, 0.25) is 5.76 Å². The number of hydrogen-bond acceptors (Lipinski definition) is 7. The van der Waals surface area contributed by atoms with Crippen molar-refractivity contribution >= 4 is 18.4 Å². The van der Waals surface area contributed by atoms with E-state index in [-0.39, 0.29) is 30.8 Å². The van der Waals surface area contributed by atoms with Crippen molar-refractivity contribution in [3.63, 3.8) is 0 Å². The highest BCUT2D eigenvalue weighted by atomic mass is 35.5. The normalized spacial score (nSPS) is 18.9. The Bertz CT molecular complexity index is 800. The van der Waals surface area contributed by atoms with Crippen LogP contribution in [-0.2, 0) is 17.9 Å². The van der Waals surface area contributed by atoms with Crippen LogP contribution in [0.15, 0.2) is 34.7 Å². The molecule has 1 aliphatic heterocycles.